The molecule has 1 N–H and O–H groups in total. The molecule has 1 atom stereocenters. The number of hydrogen-bond acceptors (Lipinski definition) is 1. The molecule has 1 amide bonds. The molecular weight excluding hydrogens is 318 g/mol. The van der Waals surface area contributed by atoms with Gasteiger partial charge in [-0.25, -0.2) is 0 Å². The molecule has 0 saturated carbocycles. The minimum Gasteiger partial charge on any atom is -0.324 e. The lowest BCUT2D eigenvalue weighted by atomic mass is 9.77. The van der Waals surface area contributed by atoms with Crippen LogP contribution in [0.3, 0.4) is 0 Å². The molecule has 1 aliphatic heterocycles. The Morgan fingerprint density at radius 2 is 1.54 bits per heavy atom. The number of hydrogen-bond donors (Lipinski definition) is 1. The maximum atomic E-state index is 13.2. The predicted octanol–water partition coefficient (Wildman–Crippen LogP) is 4.99. The van der Waals surface area contributed by atoms with Crippen molar-refractivity contribution >= 4 is 17.2 Å². The van der Waals surface area contributed by atoms with E-state index in [9.17, 15) is 4.79 Å². The number of para-hydroxylation sites is 1. The highest BCUT2D eigenvalue weighted by Gasteiger charge is 2.51. The monoisotopic (exact) mass is 337 g/mol. The van der Waals surface area contributed by atoms with Gasteiger partial charge in [0.15, 0.2) is 0 Å². The van der Waals surface area contributed by atoms with Crippen LogP contribution < -0.4 is 5.32 Å². The number of carbonyl (C=O) groups is 1. The van der Waals surface area contributed by atoms with Crippen LogP contribution in [0.4, 0.5) is 5.69 Å². The number of fused-ring (bicyclic) bond motifs is 4. The van der Waals surface area contributed by atoms with Crippen LogP contribution in [0.5, 0.6) is 0 Å². The maximum absolute atomic E-state index is 13.2. The summed E-state index contributed by atoms with van der Waals surface area (Å²) in [6.07, 6.45) is 2.16. The van der Waals surface area contributed by atoms with E-state index in [0.717, 1.165) is 33.5 Å². The van der Waals surface area contributed by atoms with Crippen LogP contribution in [-0.4, -0.2) is 5.91 Å². The fourth-order valence-electron chi connectivity index (χ4n) is 4.25. The molecule has 5 rings (SSSR count). The van der Waals surface area contributed by atoms with E-state index in [1.807, 2.05) is 18.2 Å². The zero-order valence-corrected chi connectivity index (χ0v) is 14.8. The summed E-state index contributed by atoms with van der Waals surface area (Å²) >= 11 is 0. The first-order chi connectivity index (χ1) is 12.6. The SMILES string of the molecule is Cc1ccc(C2=CC3(C(=O)Nc4ccccc43)c3cc(C)ccc32)cc1. The van der Waals surface area contributed by atoms with E-state index < -0.39 is 5.41 Å². The Morgan fingerprint density at radius 3 is 2.35 bits per heavy atom. The highest BCUT2D eigenvalue weighted by Crippen LogP contribution is 2.52. The molecular formula is C24H19NO. The number of amides is 1. The van der Waals surface area contributed by atoms with E-state index in [-0.39, 0.29) is 5.91 Å². The molecule has 0 aromatic heterocycles. The van der Waals surface area contributed by atoms with Gasteiger partial charge in [-0.1, -0.05) is 77.9 Å². The van der Waals surface area contributed by atoms with Gasteiger partial charge in [0.25, 0.3) is 0 Å². The first-order valence-electron chi connectivity index (χ1n) is 8.92. The van der Waals surface area contributed by atoms with E-state index >= 15 is 0 Å². The molecule has 1 spiro atoms. The van der Waals surface area contributed by atoms with Gasteiger partial charge in [-0.05, 0) is 47.7 Å². The summed E-state index contributed by atoms with van der Waals surface area (Å²) in [6, 6.07) is 23.0. The van der Waals surface area contributed by atoms with Crippen LogP contribution in [0.15, 0.2) is 72.8 Å². The smallest absolute Gasteiger partial charge is 0.243 e. The highest BCUT2D eigenvalue weighted by molar-refractivity contribution is 6.14. The largest absolute Gasteiger partial charge is 0.324 e. The van der Waals surface area contributed by atoms with Gasteiger partial charge in [-0.2, -0.15) is 0 Å². The van der Waals surface area contributed by atoms with Crippen LogP contribution in [-0.2, 0) is 10.2 Å². The van der Waals surface area contributed by atoms with Crippen LogP contribution in [0, 0.1) is 13.8 Å². The van der Waals surface area contributed by atoms with Gasteiger partial charge in [0, 0.05) is 5.69 Å². The summed E-state index contributed by atoms with van der Waals surface area (Å²) in [5, 5.41) is 3.09. The van der Waals surface area contributed by atoms with Crippen molar-refractivity contribution in [2.45, 2.75) is 19.3 Å². The number of carbonyl (C=O) groups excluding carboxylic acids is 1. The van der Waals surface area contributed by atoms with Gasteiger partial charge in [0.1, 0.15) is 5.41 Å². The Balaban J connectivity index is 1.83. The quantitative estimate of drug-likeness (QED) is 0.666. The number of nitrogens with one attached hydrogen (secondary N) is 1. The molecule has 2 heteroatoms. The van der Waals surface area contributed by atoms with Crippen molar-refractivity contribution in [2.24, 2.45) is 0 Å². The van der Waals surface area contributed by atoms with Crippen LogP contribution in [0.25, 0.3) is 5.57 Å². The third-order valence-electron chi connectivity index (χ3n) is 5.57. The van der Waals surface area contributed by atoms with Crippen molar-refractivity contribution in [3.05, 3.63) is 106 Å². The summed E-state index contributed by atoms with van der Waals surface area (Å²) < 4.78 is 0. The average molecular weight is 337 g/mol. The fourth-order valence-corrected chi connectivity index (χ4v) is 4.25. The van der Waals surface area contributed by atoms with E-state index in [1.165, 1.54) is 11.1 Å². The molecule has 3 aromatic carbocycles. The molecule has 1 aliphatic carbocycles. The third-order valence-corrected chi connectivity index (χ3v) is 5.57. The normalized spacial score (nSPS) is 19.9. The Labute approximate surface area is 153 Å². The zero-order valence-electron chi connectivity index (χ0n) is 14.8. The van der Waals surface area contributed by atoms with E-state index in [1.54, 1.807) is 0 Å². The Hall–Kier alpha value is -3.13. The molecule has 0 bridgehead atoms. The van der Waals surface area contributed by atoms with Gasteiger partial charge in [0.2, 0.25) is 5.91 Å². The van der Waals surface area contributed by atoms with Crippen LogP contribution in [0.2, 0.25) is 0 Å². The summed E-state index contributed by atoms with van der Waals surface area (Å²) in [5.41, 5.74) is 8.11. The standard InChI is InChI=1S/C24H19NO/c1-15-7-10-17(11-8-15)19-14-24(21-13-16(2)9-12-18(19)21)20-5-3-4-6-22(20)25-23(24)26/h3-14H,1-2H3,(H,25,26). The second-order valence-electron chi connectivity index (χ2n) is 7.28. The molecule has 3 aromatic rings. The summed E-state index contributed by atoms with van der Waals surface area (Å²) in [5.74, 6) is 0.0349. The second kappa shape index (κ2) is 5.18. The maximum Gasteiger partial charge on any atom is 0.243 e. The predicted molar refractivity (Wildman–Crippen MR) is 105 cm³/mol. The lowest BCUT2D eigenvalue weighted by molar-refractivity contribution is -0.118. The molecule has 26 heavy (non-hydrogen) atoms. The van der Waals surface area contributed by atoms with Crippen molar-refractivity contribution < 1.29 is 4.79 Å². The Bertz CT molecular complexity index is 1090. The molecule has 2 aliphatic rings. The van der Waals surface area contributed by atoms with E-state index in [0.29, 0.717) is 0 Å². The number of rotatable bonds is 1. The number of benzene rings is 3. The lowest BCUT2D eigenvalue weighted by Crippen LogP contribution is -2.32. The van der Waals surface area contributed by atoms with Gasteiger partial charge in [0.05, 0.1) is 0 Å². The minimum absolute atomic E-state index is 0.0349. The molecule has 2 nitrogen and oxygen atoms in total. The molecule has 0 fully saturated rings. The van der Waals surface area contributed by atoms with E-state index in [2.05, 4.69) is 73.8 Å². The topological polar surface area (TPSA) is 29.1 Å². The van der Waals surface area contributed by atoms with Crippen LogP contribution >= 0.6 is 0 Å². The Morgan fingerprint density at radius 1 is 0.808 bits per heavy atom. The van der Waals surface area contributed by atoms with Gasteiger partial charge in [-0.3, -0.25) is 4.79 Å². The second-order valence-corrected chi connectivity index (χ2v) is 7.28. The molecule has 0 saturated heterocycles. The average Bonchev–Trinajstić information content (AvgIpc) is 3.12. The van der Waals surface area contributed by atoms with Crippen molar-refractivity contribution in [1.29, 1.82) is 0 Å². The fraction of sp³-hybridized carbons (Fsp3) is 0.125. The zero-order chi connectivity index (χ0) is 17.9. The summed E-state index contributed by atoms with van der Waals surface area (Å²) in [7, 11) is 0. The number of aryl methyl sites for hydroxylation is 2. The molecule has 1 heterocycles. The van der Waals surface area contributed by atoms with Gasteiger partial charge < -0.3 is 5.32 Å². The number of anilines is 1. The summed E-state index contributed by atoms with van der Waals surface area (Å²) in [6.45, 7) is 4.17. The van der Waals surface area contributed by atoms with Crippen LogP contribution in [0.1, 0.15) is 33.4 Å². The molecule has 126 valence electrons. The van der Waals surface area contributed by atoms with Gasteiger partial charge >= 0.3 is 0 Å². The van der Waals surface area contributed by atoms with Gasteiger partial charge in [-0.15, -0.1) is 0 Å². The first-order valence-corrected chi connectivity index (χ1v) is 8.92. The molecule has 0 radical (unpaired) electrons. The van der Waals surface area contributed by atoms with Crippen molar-refractivity contribution in [3.8, 4) is 0 Å². The summed E-state index contributed by atoms with van der Waals surface area (Å²) in [4.78, 5) is 13.2. The minimum atomic E-state index is -0.738. The Kier molecular flexibility index (Phi) is 3.02. The first kappa shape index (κ1) is 15.2. The highest BCUT2D eigenvalue weighted by atomic mass is 16.2. The van der Waals surface area contributed by atoms with E-state index in [4.69, 9.17) is 0 Å². The molecule has 1 unspecified atom stereocenters. The lowest BCUT2D eigenvalue weighted by Gasteiger charge is -2.22. The van der Waals surface area contributed by atoms with Crippen molar-refractivity contribution in [2.75, 3.05) is 5.32 Å². The van der Waals surface area contributed by atoms with Crippen molar-refractivity contribution in [1.82, 2.24) is 0 Å². The third kappa shape index (κ3) is 1.90. The van der Waals surface area contributed by atoms with Crippen molar-refractivity contribution in [3.63, 3.8) is 0 Å².